The van der Waals surface area contributed by atoms with Gasteiger partial charge >= 0.3 is 0 Å². The SMILES string of the molecule is CCCOc1ccc(CCC(=O)N2CC(Oc3cc(C)n(C)c(=O)c3)C2)cc1. The van der Waals surface area contributed by atoms with Crippen molar-refractivity contribution < 1.29 is 14.3 Å². The lowest BCUT2D eigenvalue weighted by Gasteiger charge is -2.39. The Kier molecular flexibility index (Phi) is 6.39. The molecule has 0 aliphatic carbocycles. The molecule has 0 bridgehead atoms. The molecule has 1 aromatic heterocycles. The van der Waals surface area contributed by atoms with Crippen molar-refractivity contribution in [3.8, 4) is 11.5 Å². The van der Waals surface area contributed by atoms with Gasteiger partial charge in [0.2, 0.25) is 5.91 Å². The van der Waals surface area contributed by atoms with E-state index in [9.17, 15) is 9.59 Å². The van der Waals surface area contributed by atoms with Crippen LogP contribution in [0.2, 0.25) is 0 Å². The first-order valence-corrected chi connectivity index (χ1v) is 9.80. The fourth-order valence-corrected chi connectivity index (χ4v) is 3.10. The number of likely N-dealkylation sites (tertiary alicyclic amines) is 1. The van der Waals surface area contributed by atoms with Crippen LogP contribution in [0.4, 0.5) is 0 Å². The fourth-order valence-electron chi connectivity index (χ4n) is 3.10. The zero-order chi connectivity index (χ0) is 20.1. The first-order chi connectivity index (χ1) is 13.5. The normalized spacial score (nSPS) is 13.9. The summed E-state index contributed by atoms with van der Waals surface area (Å²) in [5.41, 5.74) is 1.88. The number of aryl methyl sites for hydroxylation is 2. The third-order valence-electron chi connectivity index (χ3n) is 5.00. The number of benzene rings is 1. The molecule has 150 valence electrons. The second-order valence-corrected chi connectivity index (χ2v) is 7.26. The quantitative estimate of drug-likeness (QED) is 0.702. The van der Waals surface area contributed by atoms with Gasteiger partial charge in [-0.1, -0.05) is 19.1 Å². The smallest absolute Gasteiger partial charge is 0.254 e. The molecule has 28 heavy (non-hydrogen) atoms. The largest absolute Gasteiger partial charge is 0.494 e. The summed E-state index contributed by atoms with van der Waals surface area (Å²) in [7, 11) is 1.73. The minimum atomic E-state index is -0.0895. The highest BCUT2D eigenvalue weighted by Crippen LogP contribution is 2.19. The van der Waals surface area contributed by atoms with E-state index in [1.54, 1.807) is 16.5 Å². The number of carbonyl (C=O) groups is 1. The summed E-state index contributed by atoms with van der Waals surface area (Å²) in [5, 5.41) is 0. The molecule has 1 saturated heterocycles. The maximum Gasteiger partial charge on any atom is 0.254 e. The van der Waals surface area contributed by atoms with Gasteiger partial charge in [-0.15, -0.1) is 0 Å². The second-order valence-electron chi connectivity index (χ2n) is 7.26. The van der Waals surface area contributed by atoms with E-state index in [1.165, 1.54) is 6.07 Å². The standard InChI is InChI=1S/C22H28N2O4/c1-4-11-27-18-8-5-17(6-9-18)7-10-21(25)24-14-20(15-24)28-19-12-16(2)23(3)22(26)13-19/h5-6,8-9,12-13,20H,4,7,10-11,14-15H2,1-3H3. The molecule has 0 spiro atoms. The number of amides is 1. The van der Waals surface area contributed by atoms with Crippen LogP contribution >= 0.6 is 0 Å². The number of pyridine rings is 1. The Morgan fingerprint density at radius 3 is 2.50 bits per heavy atom. The first kappa shape index (κ1) is 20.0. The highest BCUT2D eigenvalue weighted by molar-refractivity contribution is 5.77. The third-order valence-corrected chi connectivity index (χ3v) is 5.00. The molecule has 6 heteroatoms. The molecule has 2 heterocycles. The number of hydrogen-bond donors (Lipinski definition) is 0. The van der Waals surface area contributed by atoms with Gasteiger partial charge in [0, 0.05) is 25.2 Å². The van der Waals surface area contributed by atoms with Crippen LogP contribution in [0.3, 0.4) is 0 Å². The van der Waals surface area contributed by atoms with Crippen LogP contribution in [-0.4, -0.2) is 41.2 Å². The van der Waals surface area contributed by atoms with E-state index >= 15 is 0 Å². The number of carbonyl (C=O) groups excluding carboxylic acids is 1. The van der Waals surface area contributed by atoms with Gasteiger partial charge < -0.3 is 18.9 Å². The Balaban J connectivity index is 1.42. The van der Waals surface area contributed by atoms with Crippen molar-refractivity contribution in [3.63, 3.8) is 0 Å². The van der Waals surface area contributed by atoms with Gasteiger partial charge in [0.15, 0.2) is 0 Å². The van der Waals surface area contributed by atoms with E-state index < -0.39 is 0 Å². The predicted molar refractivity (Wildman–Crippen MR) is 108 cm³/mol. The highest BCUT2D eigenvalue weighted by atomic mass is 16.5. The van der Waals surface area contributed by atoms with Crippen LogP contribution < -0.4 is 15.0 Å². The molecule has 1 fully saturated rings. The number of hydrogen-bond acceptors (Lipinski definition) is 4. The molecule has 3 rings (SSSR count). The summed E-state index contributed by atoms with van der Waals surface area (Å²) in [6.07, 6.45) is 2.12. The van der Waals surface area contributed by atoms with Gasteiger partial charge in [0.25, 0.3) is 5.56 Å². The van der Waals surface area contributed by atoms with Crippen molar-refractivity contribution in [1.29, 1.82) is 0 Å². The van der Waals surface area contributed by atoms with Crippen LogP contribution in [-0.2, 0) is 18.3 Å². The lowest BCUT2D eigenvalue weighted by molar-refractivity contribution is -0.139. The van der Waals surface area contributed by atoms with Crippen molar-refractivity contribution in [2.24, 2.45) is 7.05 Å². The Morgan fingerprint density at radius 2 is 1.86 bits per heavy atom. The van der Waals surface area contributed by atoms with Crippen molar-refractivity contribution in [2.45, 2.75) is 39.2 Å². The number of rotatable bonds is 8. The van der Waals surface area contributed by atoms with E-state index in [0.717, 1.165) is 23.4 Å². The minimum Gasteiger partial charge on any atom is -0.494 e. The predicted octanol–water partition coefficient (Wildman–Crippen LogP) is 2.70. The highest BCUT2D eigenvalue weighted by Gasteiger charge is 2.32. The molecule has 2 aromatic rings. The Labute approximate surface area is 165 Å². The van der Waals surface area contributed by atoms with Crippen LogP contribution in [0.25, 0.3) is 0 Å². The fraction of sp³-hybridized carbons (Fsp3) is 0.455. The zero-order valence-electron chi connectivity index (χ0n) is 16.8. The van der Waals surface area contributed by atoms with E-state index in [4.69, 9.17) is 9.47 Å². The summed E-state index contributed by atoms with van der Waals surface area (Å²) in [6, 6.07) is 11.3. The molecule has 0 atom stereocenters. The monoisotopic (exact) mass is 384 g/mol. The lowest BCUT2D eigenvalue weighted by Crippen LogP contribution is -2.56. The van der Waals surface area contributed by atoms with Gasteiger partial charge in [0.1, 0.15) is 17.6 Å². The molecule has 6 nitrogen and oxygen atoms in total. The topological polar surface area (TPSA) is 60.8 Å². The van der Waals surface area contributed by atoms with E-state index in [0.29, 0.717) is 38.3 Å². The molecule has 0 N–H and O–H groups in total. The molecular weight excluding hydrogens is 356 g/mol. The summed E-state index contributed by atoms with van der Waals surface area (Å²) in [5.74, 6) is 1.57. The Hall–Kier alpha value is -2.76. The van der Waals surface area contributed by atoms with Gasteiger partial charge in [-0.25, -0.2) is 0 Å². The Bertz CT molecular complexity index is 867. The second kappa shape index (κ2) is 8.95. The molecule has 0 radical (unpaired) electrons. The number of ether oxygens (including phenoxy) is 2. The molecular formula is C22H28N2O4. The van der Waals surface area contributed by atoms with Crippen molar-refractivity contribution in [1.82, 2.24) is 9.47 Å². The molecule has 1 aliphatic rings. The average Bonchev–Trinajstić information content (AvgIpc) is 2.65. The molecule has 0 unspecified atom stereocenters. The molecule has 1 amide bonds. The number of nitrogens with zero attached hydrogens (tertiary/aromatic N) is 2. The zero-order valence-corrected chi connectivity index (χ0v) is 16.8. The maximum absolute atomic E-state index is 12.4. The van der Waals surface area contributed by atoms with Crippen LogP contribution in [0.5, 0.6) is 11.5 Å². The summed E-state index contributed by atoms with van der Waals surface area (Å²) >= 11 is 0. The third kappa shape index (κ3) is 4.94. The molecule has 0 saturated carbocycles. The Morgan fingerprint density at radius 1 is 1.14 bits per heavy atom. The van der Waals surface area contributed by atoms with Crippen molar-refractivity contribution in [3.05, 3.63) is 58.0 Å². The van der Waals surface area contributed by atoms with Gasteiger partial charge in [-0.2, -0.15) is 0 Å². The van der Waals surface area contributed by atoms with Gasteiger partial charge in [-0.3, -0.25) is 9.59 Å². The van der Waals surface area contributed by atoms with Crippen molar-refractivity contribution in [2.75, 3.05) is 19.7 Å². The average molecular weight is 384 g/mol. The summed E-state index contributed by atoms with van der Waals surface area (Å²) in [6.45, 7) is 5.79. The molecule has 1 aromatic carbocycles. The van der Waals surface area contributed by atoms with E-state index in [-0.39, 0.29) is 17.6 Å². The summed E-state index contributed by atoms with van der Waals surface area (Å²) < 4.78 is 13.0. The lowest BCUT2D eigenvalue weighted by atomic mass is 10.1. The van der Waals surface area contributed by atoms with Crippen LogP contribution in [0.15, 0.2) is 41.2 Å². The van der Waals surface area contributed by atoms with E-state index in [2.05, 4.69) is 6.92 Å². The maximum atomic E-state index is 12.4. The minimum absolute atomic E-state index is 0.0505. The first-order valence-electron chi connectivity index (χ1n) is 9.80. The van der Waals surface area contributed by atoms with Crippen LogP contribution in [0, 0.1) is 6.92 Å². The molecule has 1 aliphatic heterocycles. The van der Waals surface area contributed by atoms with Crippen LogP contribution in [0.1, 0.15) is 31.0 Å². The van der Waals surface area contributed by atoms with E-state index in [1.807, 2.05) is 37.3 Å². The summed E-state index contributed by atoms with van der Waals surface area (Å²) in [4.78, 5) is 26.0. The van der Waals surface area contributed by atoms with Gasteiger partial charge in [0.05, 0.1) is 19.7 Å². The van der Waals surface area contributed by atoms with Crippen molar-refractivity contribution >= 4 is 5.91 Å². The number of aromatic nitrogens is 1. The van der Waals surface area contributed by atoms with Gasteiger partial charge in [-0.05, 0) is 43.5 Å².